The summed E-state index contributed by atoms with van der Waals surface area (Å²) in [5.74, 6) is 0.614. The van der Waals surface area contributed by atoms with Crippen molar-refractivity contribution in [2.75, 3.05) is 43.5 Å². The van der Waals surface area contributed by atoms with Gasteiger partial charge in [0.2, 0.25) is 0 Å². The summed E-state index contributed by atoms with van der Waals surface area (Å²) in [7, 11) is 1.65. The lowest BCUT2D eigenvalue weighted by Crippen LogP contribution is -3.19. The van der Waals surface area contributed by atoms with Gasteiger partial charge in [-0.3, -0.25) is 14.9 Å². The van der Waals surface area contributed by atoms with E-state index >= 15 is 0 Å². The van der Waals surface area contributed by atoms with E-state index in [0.717, 1.165) is 42.5 Å². The Morgan fingerprint density at radius 3 is 2.61 bits per heavy atom. The van der Waals surface area contributed by atoms with Crippen LogP contribution in [-0.4, -0.2) is 50.2 Å². The smallest absolute Gasteiger partial charge is 0.292 e. The molecule has 0 saturated carbocycles. The lowest BCUT2D eigenvalue weighted by molar-refractivity contribution is -0.914. The summed E-state index contributed by atoms with van der Waals surface area (Å²) < 4.78 is 5.29. The molecule has 0 unspecified atom stereocenters. The van der Waals surface area contributed by atoms with Gasteiger partial charge in [-0.2, -0.15) is 0 Å². The maximum Gasteiger partial charge on any atom is 0.292 e. The Bertz CT molecular complexity index is 850. The van der Waals surface area contributed by atoms with E-state index in [1.807, 2.05) is 25.1 Å². The number of nitrogens with zero attached hydrogens (tertiary/aromatic N) is 2. The Kier molecular flexibility index (Phi) is 6.10. The van der Waals surface area contributed by atoms with Gasteiger partial charge in [0, 0.05) is 17.8 Å². The minimum Gasteiger partial charge on any atom is -0.497 e. The highest BCUT2D eigenvalue weighted by molar-refractivity contribution is 5.95. The average Bonchev–Trinajstić information content (AvgIpc) is 2.73. The summed E-state index contributed by atoms with van der Waals surface area (Å²) in [4.78, 5) is 26.7. The van der Waals surface area contributed by atoms with E-state index in [1.54, 1.807) is 25.3 Å². The zero-order chi connectivity index (χ0) is 20.1. The standard InChI is InChI=1S/C20H24N4O4/c1-15(20(25)21-18-8-3-4-9-19(18)24(26)27)22-10-12-23(13-11-22)16-6-5-7-17(14-16)28-2/h3-9,14-15H,10-13H2,1-2H3,(H,21,25)/p+1/t15-/m1/s1. The number of nitrogens with one attached hydrogen (secondary N) is 2. The zero-order valence-corrected chi connectivity index (χ0v) is 16.1. The second-order valence-corrected chi connectivity index (χ2v) is 6.83. The van der Waals surface area contributed by atoms with Gasteiger partial charge in [-0.15, -0.1) is 0 Å². The first-order valence-electron chi connectivity index (χ1n) is 9.27. The molecule has 1 fully saturated rings. The van der Waals surface area contributed by atoms with Crippen LogP contribution in [0.1, 0.15) is 6.92 Å². The van der Waals surface area contributed by atoms with Crippen LogP contribution in [0, 0.1) is 10.1 Å². The van der Waals surface area contributed by atoms with Crippen molar-refractivity contribution in [3.63, 3.8) is 0 Å². The van der Waals surface area contributed by atoms with Gasteiger partial charge in [0.1, 0.15) is 11.4 Å². The summed E-state index contributed by atoms with van der Waals surface area (Å²) in [5, 5.41) is 13.8. The second kappa shape index (κ2) is 8.71. The van der Waals surface area contributed by atoms with Gasteiger partial charge in [-0.1, -0.05) is 18.2 Å². The van der Waals surface area contributed by atoms with Crippen LogP contribution in [0.5, 0.6) is 5.75 Å². The largest absolute Gasteiger partial charge is 0.497 e. The fourth-order valence-electron chi connectivity index (χ4n) is 3.46. The normalized spacial score (nSPS) is 15.7. The van der Waals surface area contributed by atoms with Gasteiger partial charge in [-0.25, -0.2) is 0 Å². The molecule has 8 heteroatoms. The Labute approximate surface area is 163 Å². The van der Waals surface area contributed by atoms with Gasteiger partial charge < -0.3 is 19.9 Å². The van der Waals surface area contributed by atoms with E-state index in [9.17, 15) is 14.9 Å². The summed E-state index contributed by atoms with van der Waals surface area (Å²) in [6.07, 6.45) is 0. The molecule has 2 aromatic carbocycles. The highest BCUT2D eigenvalue weighted by Gasteiger charge is 2.30. The van der Waals surface area contributed by atoms with Gasteiger partial charge >= 0.3 is 0 Å². The number of piperazine rings is 1. The van der Waals surface area contributed by atoms with Crippen LogP contribution in [0.3, 0.4) is 0 Å². The SMILES string of the molecule is COc1cccc(N2CC[NH+]([C@H](C)C(=O)Nc3ccccc3[N+](=O)[O-])CC2)c1. The number of hydrogen-bond acceptors (Lipinski definition) is 5. The number of methoxy groups -OCH3 is 1. The Morgan fingerprint density at radius 1 is 1.21 bits per heavy atom. The molecule has 0 aromatic heterocycles. The summed E-state index contributed by atoms with van der Waals surface area (Å²) in [6, 6.07) is 13.9. The van der Waals surface area contributed by atoms with E-state index in [0.29, 0.717) is 0 Å². The molecule has 0 aliphatic carbocycles. The lowest BCUT2D eigenvalue weighted by atomic mass is 10.2. The molecule has 1 saturated heterocycles. The molecule has 0 bridgehead atoms. The van der Waals surface area contributed by atoms with Crippen molar-refractivity contribution in [3.05, 3.63) is 58.6 Å². The highest BCUT2D eigenvalue weighted by atomic mass is 16.6. The molecule has 1 aliphatic rings. The second-order valence-electron chi connectivity index (χ2n) is 6.83. The van der Waals surface area contributed by atoms with Crippen molar-refractivity contribution >= 4 is 23.0 Å². The van der Waals surface area contributed by atoms with Crippen LogP contribution in [0.25, 0.3) is 0 Å². The maximum absolute atomic E-state index is 12.6. The molecule has 0 spiro atoms. The van der Waals surface area contributed by atoms with Crippen LogP contribution in [0.15, 0.2) is 48.5 Å². The molecule has 28 heavy (non-hydrogen) atoms. The number of hydrogen-bond donors (Lipinski definition) is 2. The van der Waals surface area contributed by atoms with Gasteiger partial charge in [0.15, 0.2) is 6.04 Å². The van der Waals surface area contributed by atoms with Crippen molar-refractivity contribution in [1.82, 2.24) is 0 Å². The molecule has 3 rings (SSSR count). The predicted molar refractivity (Wildman–Crippen MR) is 107 cm³/mol. The Balaban J connectivity index is 1.59. The van der Waals surface area contributed by atoms with E-state index in [-0.39, 0.29) is 23.3 Å². The molecule has 1 amide bonds. The van der Waals surface area contributed by atoms with Crippen molar-refractivity contribution in [1.29, 1.82) is 0 Å². The first-order valence-corrected chi connectivity index (χ1v) is 9.27. The minimum atomic E-state index is -0.486. The molecule has 8 nitrogen and oxygen atoms in total. The number of amides is 1. The van der Waals surface area contributed by atoms with E-state index in [2.05, 4.69) is 16.3 Å². The molecule has 1 atom stereocenters. The van der Waals surface area contributed by atoms with Crippen molar-refractivity contribution in [2.24, 2.45) is 0 Å². The predicted octanol–water partition coefficient (Wildman–Crippen LogP) is 1.34. The average molecular weight is 385 g/mol. The number of para-hydroxylation sites is 2. The van der Waals surface area contributed by atoms with Crippen LogP contribution < -0.4 is 19.9 Å². The lowest BCUT2D eigenvalue weighted by Gasteiger charge is -2.36. The number of ether oxygens (including phenoxy) is 1. The topological polar surface area (TPSA) is 89.2 Å². The molecular formula is C20H25N4O4+. The number of benzene rings is 2. The highest BCUT2D eigenvalue weighted by Crippen LogP contribution is 2.23. The monoisotopic (exact) mass is 385 g/mol. The fourth-order valence-corrected chi connectivity index (χ4v) is 3.46. The van der Waals surface area contributed by atoms with Gasteiger partial charge in [0.05, 0.1) is 38.2 Å². The van der Waals surface area contributed by atoms with E-state index in [1.165, 1.54) is 6.07 Å². The molecule has 0 radical (unpaired) electrons. The minimum absolute atomic E-state index is 0.0964. The van der Waals surface area contributed by atoms with Crippen LogP contribution in [0.2, 0.25) is 0 Å². The molecule has 148 valence electrons. The third-order valence-corrected chi connectivity index (χ3v) is 5.19. The molecule has 2 N–H and O–H groups in total. The number of nitro benzene ring substituents is 1. The number of anilines is 2. The first kappa shape index (κ1) is 19.6. The van der Waals surface area contributed by atoms with E-state index < -0.39 is 4.92 Å². The quantitative estimate of drug-likeness (QED) is 0.579. The van der Waals surface area contributed by atoms with Crippen molar-refractivity contribution < 1.29 is 19.4 Å². The zero-order valence-electron chi connectivity index (χ0n) is 16.1. The Hall–Kier alpha value is -3.13. The summed E-state index contributed by atoms with van der Waals surface area (Å²) >= 11 is 0. The third kappa shape index (κ3) is 4.40. The summed E-state index contributed by atoms with van der Waals surface area (Å²) in [5.41, 5.74) is 1.25. The molecule has 1 heterocycles. The van der Waals surface area contributed by atoms with Crippen molar-refractivity contribution in [2.45, 2.75) is 13.0 Å². The fraction of sp³-hybridized carbons (Fsp3) is 0.350. The first-order chi connectivity index (χ1) is 13.5. The molecule has 1 aliphatic heterocycles. The number of quaternary nitrogens is 1. The number of rotatable bonds is 6. The third-order valence-electron chi connectivity index (χ3n) is 5.19. The number of carbonyl (C=O) groups is 1. The molecule has 2 aromatic rings. The number of nitro groups is 1. The summed E-state index contributed by atoms with van der Waals surface area (Å²) in [6.45, 7) is 5.13. The Morgan fingerprint density at radius 2 is 1.93 bits per heavy atom. The van der Waals surface area contributed by atoms with E-state index in [4.69, 9.17) is 4.74 Å². The van der Waals surface area contributed by atoms with Crippen LogP contribution in [-0.2, 0) is 4.79 Å². The van der Waals surface area contributed by atoms with Crippen LogP contribution in [0.4, 0.5) is 17.1 Å². The van der Waals surface area contributed by atoms with Crippen LogP contribution >= 0.6 is 0 Å². The maximum atomic E-state index is 12.6. The van der Waals surface area contributed by atoms with Gasteiger partial charge in [-0.05, 0) is 25.1 Å². The van der Waals surface area contributed by atoms with Gasteiger partial charge in [0.25, 0.3) is 11.6 Å². The number of carbonyl (C=O) groups excluding carboxylic acids is 1. The molecular weight excluding hydrogens is 360 g/mol. The van der Waals surface area contributed by atoms with Crippen molar-refractivity contribution in [3.8, 4) is 5.75 Å².